The van der Waals surface area contributed by atoms with Gasteiger partial charge >= 0.3 is 0 Å². The standard InChI is InChI=1S/C5H8N2/c1-5-3-7(2)4-6-5/h3-4H,1-2H3/i4D. The molecule has 2 heteroatoms. The molecule has 0 aliphatic carbocycles. The molecule has 0 amide bonds. The van der Waals surface area contributed by atoms with E-state index in [0.717, 1.165) is 5.69 Å². The van der Waals surface area contributed by atoms with Crippen LogP contribution in [0.2, 0.25) is 0 Å². The maximum Gasteiger partial charge on any atom is 0.104 e. The van der Waals surface area contributed by atoms with Crippen LogP contribution in [0.15, 0.2) is 12.5 Å². The molecule has 0 aliphatic heterocycles. The smallest absolute Gasteiger partial charge is 0.104 e. The molecule has 1 aromatic rings. The van der Waals surface area contributed by atoms with Crippen LogP contribution in [0.3, 0.4) is 0 Å². The minimum Gasteiger partial charge on any atom is -0.340 e. The van der Waals surface area contributed by atoms with Gasteiger partial charge in [0.25, 0.3) is 0 Å². The van der Waals surface area contributed by atoms with Crippen LogP contribution in [-0.4, -0.2) is 9.55 Å². The van der Waals surface area contributed by atoms with Crippen LogP contribution < -0.4 is 0 Å². The van der Waals surface area contributed by atoms with Gasteiger partial charge < -0.3 is 4.57 Å². The summed E-state index contributed by atoms with van der Waals surface area (Å²) in [6.07, 6.45) is 2.14. The molecule has 38 valence electrons. The molecule has 0 saturated carbocycles. The molecule has 1 heterocycles. The van der Waals surface area contributed by atoms with Crippen molar-refractivity contribution in [1.29, 1.82) is 0 Å². The molecule has 0 aromatic carbocycles. The van der Waals surface area contributed by atoms with E-state index < -0.39 is 0 Å². The van der Waals surface area contributed by atoms with Crippen molar-refractivity contribution in [2.45, 2.75) is 6.92 Å². The molecule has 0 aliphatic rings. The van der Waals surface area contributed by atoms with Crippen molar-refractivity contribution in [3.05, 3.63) is 18.2 Å². The van der Waals surface area contributed by atoms with Gasteiger partial charge in [0.2, 0.25) is 0 Å². The molecule has 0 saturated heterocycles. The summed E-state index contributed by atoms with van der Waals surface area (Å²) in [4.78, 5) is 3.84. The Kier molecular flexibility index (Phi) is 0.635. The molecule has 0 N–H and O–H groups in total. The van der Waals surface area contributed by atoms with Gasteiger partial charge in [0, 0.05) is 13.2 Å². The lowest BCUT2D eigenvalue weighted by molar-refractivity contribution is 0.913. The Morgan fingerprint density at radius 2 is 2.71 bits per heavy atom. The summed E-state index contributed by atoms with van der Waals surface area (Å²) in [6, 6.07) is 0. The highest BCUT2D eigenvalue weighted by Gasteiger charge is 1.81. The fourth-order valence-electron chi connectivity index (χ4n) is 0.496. The van der Waals surface area contributed by atoms with Crippen LogP contribution in [0.1, 0.15) is 7.06 Å². The Bertz CT molecular complexity index is 173. The van der Waals surface area contributed by atoms with Crippen molar-refractivity contribution in [3.8, 4) is 0 Å². The van der Waals surface area contributed by atoms with Gasteiger partial charge in [-0.3, -0.25) is 0 Å². The second-order valence-electron chi connectivity index (χ2n) is 1.59. The van der Waals surface area contributed by atoms with Gasteiger partial charge in [0.15, 0.2) is 0 Å². The zero-order valence-electron chi connectivity index (χ0n) is 5.47. The van der Waals surface area contributed by atoms with Gasteiger partial charge in [-0.1, -0.05) is 0 Å². The van der Waals surface area contributed by atoms with Crippen LogP contribution in [0.25, 0.3) is 0 Å². The van der Waals surface area contributed by atoms with Gasteiger partial charge in [-0.15, -0.1) is 0 Å². The molecule has 0 fully saturated rings. The van der Waals surface area contributed by atoms with Gasteiger partial charge in [-0.2, -0.15) is 0 Å². The number of aryl methyl sites for hydroxylation is 2. The summed E-state index contributed by atoms with van der Waals surface area (Å²) in [5.74, 6) is 0. The van der Waals surface area contributed by atoms with Gasteiger partial charge in [-0.05, 0) is 6.92 Å². The van der Waals surface area contributed by atoms with Gasteiger partial charge in [-0.25, -0.2) is 4.98 Å². The van der Waals surface area contributed by atoms with Crippen LogP contribution in [0.4, 0.5) is 0 Å². The lowest BCUT2D eigenvalue weighted by Gasteiger charge is -1.78. The summed E-state index contributed by atoms with van der Waals surface area (Å²) in [5.41, 5.74) is 0.900. The second-order valence-corrected chi connectivity index (χ2v) is 1.59. The average Bonchev–Trinajstić information content (AvgIpc) is 1.85. The zero-order valence-corrected chi connectivity index (χ0v) is 4.47. The van der Waals surface area contributed by atoms with Crippen LogP contribution in [0, 0.1) is 6.92 Å². The van der Waals surface area contributed by atoms with E-state index in [2.05, 4.69) is 4.98 Å². The summed E-state index contributed by atoms with van der Waals surface area (Å²) >= 11 is 0. The SMILES string of the molecule is [2H]c1nc(C)cn1C. The fraction of sp³-hybridized carbons (Fsp3) is 0.400. The highest BCUT2D eigenvalue weighted by molar-refractivity contribution is 4.90. The van der Waals surface area contributed by atoms with E-state index in [1.165, 1.54) is 0 Å². The number of aromatic nitrogens is 2. The molecule has 1 aromatic heterocycles. The first kappa shape index (κ1) is 3.24. The Balaban J connectivity index is 3.14. The van der Waals surface area contributed by atoms with E-state index >= 15 is 0 Å². The average molecular weight is 97.1 g/mol. The largest absolute Gasteiger partial charge is 0.340 e. The first-order chi connectivity index (χ1) is 3.70. The maximum atomic E-state index is 7.09. The minimum atomic E-state index is 0.322. The fourth-order valence-corrected chi connectivity index (χ4v) is 0.496. The van der Waals surface area contributed by atoms with Gasteiger partial charge in [0.05, 0.1) is 12.0 Å². The van der Waals surface area contributed by atoms with Gasteiger partial charge in [0.1, 0.15) is 1.37 Å². The minimum absolute atomic E-state index is 0.322. The number of hydrogen-bond donors (Lipinski definition) is 0. The lowest BCUT2D eigenvalue weighted by atomic mass is 10.6. The molecule has 2 nitrogen and oxygen atoms in total. The molecule has 0 spiro atoms. The number of rotatable bonds is 0. The molecule has 0 unspecified atom stereocenters. The normalized spacial score (nSPS) is 11.4. The first-order valence-corrected chi connectivity index (χ1v) is 2.16. The van der Waals surface area contributed by atoms with Crippen molar-refractivity contribution in [3.63, 3.8) is 0 Å². The van der Waals surface area contributed by atoms with Crippen LogP contribution >= 0.6 is 0 Å². The molecular formula is C5H8N2. The van der Waals surface area contributed by atoms with E-state index in [-0.39, 0.29) is 0 Å². The van der Waals surface area contributed by atoms with E-state index in [1.807, 2.05) is 20.2 Å². The highest BCUT2D eigenvalue weighted by atomic mass is 15.0. The highest BCUT2D eigenvalue weighted by Crippen LogP contribution is 1.86. The molecule has 0 radical (unpaired) electrons. The topological polar surface area (TPSA) is 17.8 Å². The molecule has 1 rings (SSSR count). The molecular weight excluding hydrogens is 88.1 g/mol. The van der Waals surface area contributed by atoms with Crippen molar-refractivity contribution in [2.24, 2.45) is 7.05 Å². The molecule has 0 atom stereocenters. The van der Waals surface area contributed by atoms with E-state index in [0.29, 0.717) is 6.30 Å². The lowest BCUT2D eigenvalue weighted by Crippen LogP contribution is -1.76. The van der Waals surface area contributed by atoms with Crippen LogP contribution in [0.5, 0.6) is 0 Å². The Labute approximate surface area is 44.2 Å². The van der Waals surface area contributed by atoms with Crippen molar-refractivity contribution in [1.82, 2.24) is 9.55 Å². The van der Waals surface area contributed by atoms with Crippen LogP contribution in [-0.2, 0) is 7.05 Å². The predicted octanol–water partition coefficient (Wildman–Crippen LogP) is 0.729. The third kappa shape index (κ3) is 0.796. The summed E-state index contributed by atoms with van der Waals surface area (Å²) < 4.78 is 8.77. The van der Waals surface area contributed by atoms with Crippen molar-refractivity contribution in [2.75, 3.05) is 0 Å². The predicted molar refractivity (Wildman–Crippen MR) is 27.9 cm³/mol. The van der Waals surface area contributed by atoms with E-state index in [9.17, 15) is 0 Å². The van der Waals surface area contributed by atoms with Crippen molar-refractivity contribution < 1.29 is 1.37 Å². The second kappa shape index (κ2) is 1.37. The Morgan fingerprint density at radius 1 is 2.00 bits per heavy atom. The number of hydrogen-bond acceptors (Lipinski definition) is 1. The number of imidazole rings is 1. The number of nitrogens with zero attached hydrogens (tertiary/aromatic N) is 2. The van der Waals surface area contributed by atoms with E-state index in [4.69, 9.17) is 1.37 Å². The quantitative estimate of drug-likeness (QED) is 0.466. The first-order valence-electron chi connectivity index (χ1n) is 2.66. The summed E-state index contributed by atoms with van der Waals surface area (Å²) in [5, 5.41) is 0. The Hall–Kier alpha value is -0.790. The zero-order chi connectivity index (χ0) is 6.15. The monoisotopic (exact) mass is 97.1 g/mol. The third-order valence-corrected chi connectivity index (χ3v) is 0.765. The third-order valence-electron chi connectivity index (χ3n) is 0.765. The Morgan fingerprint density at radius 3 is 2.86 bits per heavy atom. The maximum absolute atomic E-state index is 7.09. The molecule has 7 heavy (non-hydrogen) atoms. The van der Waals surface area contributed by atoms with Crippen molar-refractivity contribution >= 4 is 0 Å². The van der Waals surface area contributed by atoms with E-state index in [1.54, 1.807) is 4.57 Å². The summed E-state index contributed by atoms with van der Waals surface area (Å²) in [6.45, 7) is 1.87. The molecule has 0 bridgehead atoms. The summed E-state index contributed by atoms with van der Waals surface area (Å²) in [7, 11) is 1.81.